The van der Waals surface area contributed by atoms with Crippen LogP contribution in [0.3, 0.4) is 0 Å². The van der Waals surface area contributed by atoms with E-state index in [1.807, 2.05) is 0 Å². The van der Waals surface area contributed by atoms with Gasteiger partial charge in [0.15, 0.2) is 5.82 Å². The number of aromatic nitrogens is 5. The molecule has 4 aromatic rings. The van der Waals surface area contributed by atoms with Crippen molar-refractivity contribution in [3.63, 3.8) is 0 Å². The lowest BCUT2D eigenvalue weighted by atomic mass is 10.1. The van der Waals surface area contributed by atoms with Gasteiger partial charge >= 0.3 is 0 Å². The Labute approximate surface area is 174 Å². The van der Waals surface area contributed by atoms with Crippen LogP contribution in [0.15, 0.2) is 48.5 Å². The van der Waals surface area contributed by atoms with Gasteiger partial charge in [-0.05, 0) is 42.8 Å². The highest BCUT2D eigenvalue weighted by atomic mass is 19.1. The molecule has 0 aliphatic carbocycles. The number of aromatic amines is 1. The van der Waals surface area contributed by atoms with Crippen LogP contribution in [0.1, 0.15) is 18.5 Å². The summed E-state index contributed by atoms with van der Waals surface area (Å²) in [4.78, 5) is 12.2. The number of benzene rings is 2. The molecule has 0 aliphatic rings. The minimum Gasteiger partial charge on any atom is -0.368 e. The van der Waals surface area contributed by atoms with Crippen LogP contribution in [0.5, 0.6) is 0 Å². The third-order valence-electron chi connectivity index (χ3n) is 4.40. The molecule has 0 saturated carbocycles. The topological polar surface area (TPSA) is 117 Å². The van der Waals surface area contributed by atoms with Crippen molar-refractivity contribution in [1.82, 2.24) is 25.1 Å². The molecule has 158 valence electrons. The highest BCUT2D eigenvalue weighted by molar-refractivity contribution is 5.64. The molecule has 2 aromatic carbocycles. The first-order valence-electron chi connectivity index (χ1n) is 9.19. The minimum absolute atomic E-state index is 0.0685. The Morgan fingerprint density at radius 2 is 1.61 bits per heavy atom. The van der Waals surface area contributed by atoms with Crippen molar-refractivity contribution in [2.75, 3.05) is 16.4 Å². The van der Waals surface area contributed by atoms with Crippen molar-refractivity contribution in [3.05, 3.63) is 71.5 Å². The number of rotatable bonds is 6. The van der Waals surface area contributed by atoms with Gasteiger partial charge in [0.1, 0.15) is 17.5 Å². The molecule has 0 amide bonds. The van der Waals surface area contributed by atoms with Crippen molar-refractivity contribution in [2.24, 2.45) is 0 Å². The van der Waals surface area contributed by atoms with E-state index in [2.05, 4.69) is 35.8 Å². The van der Waals surface area contributed by atoms with Crippen molar-refractivity contribution >= 4 is 23.7 Å². The minimum atomic E-state index is -0.690. The molecule has 1 unspecified atom stereocenters. The van der Waals surface area contributed by atoms with E-state index in [0.29, 0.717) is 11.5 Å². The maximum atomic E-state index is 14.0. The lowest BCUT2D eigenvalue weighted by Crippen LogP contribution is -2.14. The standard InChI is InChI=1S/C20H17F3N8/c1-10(14-7-6-13(22)8-15(14)23)25-19-27-18(24)28-20(29-19)26-17-9-16(30-31-17)11-2-4-12(21)5-3-11/h2-10H,1H3,(H5,24,25,26,27,28,29,30,31). The number of nitrogens with two attached hydrogens (primary N) is 1. The summed E-state index contributed by atoms with van der Waals surface area (Å²) in [5.41, 5.74) is 7.40. The maximum absolute atomic E-state index is 14.0. The highest BCUT2D eigenvalue weighted by Crippen LogP contribution is 2.24. The Morgan fingerprint density at radius 3 is 2.35 bits per heavy atom. The Bertz CT molecular complexity index is 1210. The first kappa shape index (κ1) is 20.1. The number of nitrogens with one attached hydrogen (secondary N) is 3. The van der Waals surface area contributed by atoms with Gasteiger partial charge in [-0.1, -0.05) is 6.07 Å². The van der Waals surface area contributed by atoms with Gasteiger partial charge in [-0.3, -0.25) is 5.10 Å². The van der Waals surface area contributed by atoms with Crippen LogP contribution < -0.4 is 16.4 Å². The third-order valence-corrected chi connectivity index (χ3v) is 4.40. The number of hydrogen-bond donors (Lipinski definition) is 4. The van der Waals surface area contributed by atoms with Gasteiger partial charge in [0.25, 0.3) is 0 Å². The van der Waals surface area contributed by atoms with E-state index < -0.39 is 17.7 Å². The normalized spacial score (nSPS) is 11.9. The largest absolute Gasteiger partial charge is 0.368 e. The summed E-state index contributed by atoms with van der Waals surface area (Å²) >= 11 is 0. The zero-order valence-electron chi connectivity index (χ0n) is 16.2. The molecule has 0 fully saturated rings. The molecule has 1 atom stereocenters. The number of nitrogen functional groups attached to an aromatic ring is 1. The van der Waals surface area contributed by atoms with Crippen LogP contribution in [0, 0.1) is 17.5 Å². The van der Waals surface area contributed by atoms with E-state index in [4.69, 9.17) is 5.73 Å². The Hall–Kier alpha value is -4.15. The van der Waals surface area contributed by atoms with Crippen molar-refractivity contribution < 1.29 is 13.2 Å². The van der Waals surface area contributed by atoms with E-state index in [1.165, 1.54) is 24.3 Å². The van der Waals surface area contributed by atoms with E-state index in [9.17, 15) is 13.2 Å². The van der Waals surface area contributed by atoms with Crippen LogP contribution in [0.25, 0.3) is 11.3 Å². The van der Waals surface area contributed by atoms with Gasteiger partial charge in [-0.2, -0.15) is 20.1 Å². The fourth-order valence-corrected chi connectivity index (χ4v) is 2.91. The van der Waals surface area contributed by atoms with E-state index in [1.54, 1.807) is 25.1 Å². The summed E-state index contributed by atoms with van der Waals surface area (Å²) in [6.07, 6.45) is 0. The number of hydrogen-bond acceptors (Lipinski definition) is 7. The van der Waals surface area contributed by atoms with Crippen LogP contribution in [0.4, 0.5) is 36.8 Å². The van der Waals surface area contributed by atoms with Crippen molar-refractivity contribution in [3.8, 4) is 11.3 Å². The molecule has 2 heterocycles. The number of halogens is 3. The second-order valence-electron chi connectivity index (χ2n) is 6.67. The zero-order chi connectivity index (χ0) is 22.0. The maximum Gasteiger partial charge on any atom is 0.235 e. The summed E-state index contributed by atoms with van der Waals surface area (Å²) < 4.78 is 40.2. The van der Waals surface area contributed by atoms with Gasteiger partial charge in [0, 0.05) is 17.7 Å². The number of nitrogens with zero attached hydrogens (tertiary/aromatic N) is 4. The molecule has 0 aliphatic heterocycles. The Kier molecular flexibility index (Phi) is 5.39. The molecule has 0 saturated heterocycles. The molecule has 0 bridgehead atoms. The molecule has 4 rings (SSSR count). The first-order chi connectivity index (χ1) is 14.9. The molecule has 0 spiro atoms. The van der Waals surface area contributed by atoms with Gasteiger partial charge in [-0.15, -0.1) is 0 Å². The van der Waals surface area contributed by atoms with Crippen molar-refractivity contribution in [1.29, 1.82) is 0 Å². The fourth-order valence-electron chi connectivity index (χ4n) is 2.91. The Morgan fingerprint density at radius 1 is 0.903 bits per heavy atom. The monoisotopic (exact) mass is 426 g/mol. The van der Waals surface area contributed by atoms with Crippen molar-refractivity contribution in [2.45, 2.75) is 13.0 Å². The summed E-state index contributed by atoms with van der Waals surface area (Å²) in [7, 11) is 0. The molecular formula is C20H17F3N8. The van der Waals surface area contributed by atoms with Crippen LogP contribution in [-0.2, 0) is 0 Å². The molecular weight excluding hydrogens is 409 g/mol. The summed E-state index contributed by atoms with van der Waals surface area (Å²) in [5.74, 6) is -1.15. The Balaban J connectivity index is 1.51. The predicted molar refractivity (Wildman–Crippen MR) is 110 cm³/mol. The van der Waals surface area contributed by atoms with Crippen LogP contribution in [-0.4, -0.2) is 25.1 Å². The number of anilines is 4. The van der Waals surface area contributed by atoms with Gasteiger partial charge in [0.2, 0.25) is 17.8 Å². The molecule has 31 heavy (non-hydrogen) atoms. The molecule has 8 nitrogen and oxygen atoms in total. The molecule has 0 radical (unpaired) electrons. The molecule has 5 N–H and O–H groups in total. The summed E-state index contributed by atoms with van der Waals surface area (Å²) in [6.45, 7) is 1.67. The number of H-pyrrole nitrogens is 1. The van der Waals surface area contributed by atoms with Crippen LogP contribution >= 0.6 is 0 Å². The van der Waals surface area contributed by atoms with E-state index in [0.717, 1.165) is 11.6 Å². The third kappa shape index (κ3) is 4.71. The highest BCUT2D eigenvalue weighted by Gasteiger charge is 2.15. The molecule has 11 heteroatoms. The van der Waals surface area contributed by atoms with Gasteiger partial charge in [0.05, 0.1) is 11.7 Å². The van der Waals surface area contributed by atoms with Crippen LogP contribution in [0.2, 0.25) is 0 Å². The average Bonchev–Trinajstić information content (AvgIpc) is 3.16. The predicted octanol–water partition coefficient (Wildman–Crippen LogP) is 4.18. The van der Waals surface area contributed by atoms with Gasteiger partial charge in [-0.25, -0.2) is 13.2 Å². The van der Waals surface area contributed by atoms with E-state index in [-0.39, 0.29) is 29.2 Å². The first-order valence-corrected chi connectivity index (χ1v) is 9.19. The quantitative estimate of drug-likeness (QED) is 0.365. The zero-order valence-corrected chi connectivity index (χ0v) is 16.2. The smallest absolute Gasteiger partial charge is 0.235 e. The fraction of sp³-hybridized carbons (Fsp3) is 0.100. The second-order valence-corrected chi connectivity index (χ2v) is 6.67. The summed E-state index contributed by atoms with van der Waals surface area (Å²) in [5, 5.41) is 12.8. The van der Waals surface area contributed by atoms with Gasteiger partial charge < -0.3 is 16.4 Å². The second kappa shape index (κ2) is 8.30. The van der Waals surface area contributed by atoms with E-state index >= 15 is 0 Å². The lowest BCUT2D eigenvalue weighted by Gasteiger charge is -2.15. The lowest BCUT2D eigenvalue weighted by molar-refractivity contribution is 0.566. The average molecular weight is 426 g/mol. The SMILES string of the molecule is CC(Nc1nc(N)nc(Nc2cc(-c3ccc(F)cc3)[nH]n2)n1)c1ccc(F)cc1F. The summed E-state index contributed by atoms with van der Waals surface area (Å²) in [6, 6.07) is 10.4. The molecule has 2 aromatic heterocycles.